The topological polar surface area (TPSA) is 62.8 Å². The maximum absolute atomic E-state index is 11.9. The molecule has 1 heterocycles. The highest BCUT2D eigenvalue weighted by Crippen LogP contribution is 2.19. The fourth-order valence-corrected chi connectivity index (χ4v) is 1.46. The van der Waals surface area contributed by atoms with Crippen molar-refractivity contribution in [1.82, 2.24) is 20.9 Å². The molecule has 0 atom stereocenters. The van der Waals surface area contributed by atoms with Gasteiger partial charge in [0.05, 0.1) is 6.54 Å². The van der Waals surface area contributed by atoms with E-state index in [1.54, 1.807) is 0 Å². The molecule has 2 aromatic rings. The lowest BCUT2D eigenvalue weighted by Gasteiger charge is -2.07. The standard InChI is InChI=1S/C11H11F3N4O/c12-11(13,14)7-19-15-6-9-10(17-18-16-9)8-4-2-1-3-5-8/h1-5,15H,6-7H2,(H,16,17,18). The van der Waals surface area contributed by atoms with Crippen LogP contribution >= 0.6 is 0 Å². The number of rotatable bonds is 5. The average Bonchev–Trinajstić information content (AvgIpc) is 2.83. The van der Waals surface area contributed by atoms with Crippen LogP contribution in [0.3, 0.4) is 0 Å². The molecule has 102 valence electrons. The summed E-state index contributed by atoms with van der Waals surface area (Å²) in [6.07, 6.45) is -4.36. The Morgan fingerprint density at radius 1 is 1.16 bits per heavy atom. The second-order valence-corrected chi connectivity index (χ2v) is 3.71. The minimum atomic E-state index is -4.36. The van der Waals surface area contributed by atoms with E-state index in [0.29, 0.717) is 11.4 Å². The Labute approximate surface area is 106 Å². The van der Waals surface area contributed by atoms with Crippen molar-refractivity contribution in [3.05, 3.63) is 36.0 Å². The zero-order valence-corrected chi connectivity index (χ0v) is 9.74. The van der Waals surface area contributed by atoms with Crippen molar-refractivity contribution in [3.8, 4) is 11.3 Å². The SMILES string of the molecule is FC(F)(F)CONCc1n[nH]nc1-c1ccccc1. The molecular formula is C11H11F3N4O. The van der Waals surface area contributed by atoms with E-state index in [1.807, 2.05) is 30.3 Å². The average molecular weight is 272 g/mol. The van der Waals surface area contributed by atoms with Crippen molar-refractivity contribution in [3.63, 3.8) is 0 Å². The molecule has 0 fully saturated rings. The zero-order chi connectivity index (χ0) is 13.7. The quantitative estimate of drug-likeness (QED) is 0.646. The van der Waals surface area contributed by atoms with Gasteiger partial charge in [0.1, 0.15) is 11.4 Å². The first-order valence-electron chi connectivity index (χ1n) is 5.43. The predicted molar refractivity (Wildman–Crippen MR) is 60.7 cm³/mol. The van der Waals surface area contributed by atoms with Crippen LogP contribution < -0.4 is 5.48 Å². The lowest BCUT2D eigenvalue weighted by atomic mass is 10.1. The van der Waals surface area contributed by atoms with Crippen molar-refractivity contribution in [2.45, 2.75) is 12.7 Å². The van der Waals surface area contributed by atoms with E-state index in [0.717, 1.165) is 5.56 Å². The largest absolute Gasteiger partial charge is 0.413 e. The van der Waals surface area contributed by atoms with Crippen LogP contribution in [-0.2, 0) is 11.4 Å². The molecule has 5 nitrogen and oxygen atoms in total. The van der Waals surface area contributed by atoms with Crippen LogP contribution in [0.1, 0.15) is 5.69 Å². The lowest BCUT2D eigenvalue weighted by molar-refractivity contribution is -0.190. The molecule has 0 aliphatic carbocycles. The fourth-order valence-electron chi connectivity index (χ4n) is 1.46. The van der Waals surface area contributed by atoms with Crippen LogP contribution in [0.5, 0.6) is 0 Å². The summed E-state index contributed by atoms with van der Waals surface area (Å²) < 4.78 is 35.6. The molecule has 0 amide bonds. The van der Waals surface area contributed by atoms with Gasteiger partial charge in [0.2, 0.25) is 0 Å². The van der Waals surface area contributed by atoms with E-state index in [4.69, 9.17) is 0 Å². The number of benzene rings is 1. The molecule has 8 heteroatoms. The number of nitrogens with one attached hydrogen (secondary N) is 2. The summed E-state index contributed by atoms with van der Waals surface area (Å²) in [5.41, 5.74) is 4.09. The molecule has 2 N–H and O–H groups in total. The summed E-state index contributed by atoms with van der Waals surface area (Å²) in [4.78, 5) is 4.31. The molecule has 19 heavy (non-hydrogen) atoms. The highest BCUT2D eigenvalue weighted by atomic mass is 19.4. The molecule has 0 aliphatic heterocycles. The maximum atomic E-state index is 11.9. The van der Waals surface area contributed by atoms with Gasteiger partial charge in [0.25, 0.3) is 0 Å². The number of halogens is 3. The van der Waals surface area contributed by atoms with E-state index in [2.05, 4.69) is 25.7 Å². The molecule has 0 saturated carbocycles. The molecule has 2 rings (SSSR count). The molecule has 0 bridgehead atoms. The molecule has 1 aromatic heterocycles. The highest BCUT2D eigenvalue weighted by molar-refractivity contribution is 5.60. The number of alkyl halides is 3. The van der Waals surface area contributed by atoms with E-state index in [1.165, 1.54) is 0 Å². The third-order valence-electron chi connectivity index (χ3n) is 2.24. The number of hydrogen-bond acceptors (Lipinski definition) is 4. The van der Waals surface area contributed by atoms with Crippen LogP contribution in [-0.4, -0.2) is 28.2 Å². The van der Waals surface area contributed by atoms with E-state index in [9.17, 15) is 13.2 Å². The molecule has 0 radical (unpaired) electrons. The summed E-state index contributed by atoms with van der Waals surface area (Å²) >= 11 is 0. The second kappa shape index (κ2) is 5.81. The third kappa shape index (κ3) is 4.04. The number of nitrogens with zero attached hydrogens (tertiary/aromatic N) is 2. The minimum absolute atomic E-state index is 0.0246. The van der Waals surface area contributed by atoms with Crippen molar-refractivity contribution in [2.24, 2.45) is 0 Å². The Balaban J connectivity index is 1.94. The predicted octanol–water partition coefficient (Wildman–Crippen LogP) is 2.06. The van der Waals surface area contributed by atoms with Crippen molar-refractivity contribution < 1.29 is 18.0 Å². The zero-order valence-electron chi connectivity index (χ0n) is 9.74. The van der Waals surface area contributed by atoms with Gasteiger partial charge in [-0.2, -0.15) is 34.1 Å². The summed E-state index contributed by atoms with van der Waals surface area (Å²) in [5, 5.41) is 10.3. The van der Waals surface area contributed by atoms with Crippen LogP contribution in [0, 0.1) is 0 Å². The van der Waals surface area contributed by atoms with Crippen LogP contribution in [0.15, 0.2) is 30.3 Å². The fraction of sp³-hybridized carbons (Fsp3) is 0.273. The molecule has 0 aliphatic rings. The van der Waals surface area contributed by atoms with Gasteiger partial charge in [0, 0.05) is 5.56 Å². The Kier molecular flexibility index (Phi) is 4.13. The smallest absolute Gasteiger partial charge is 0.292 e. The number of hydrogen-bond donors (Lipinski definition) is 2. The molecule has 0 saturated heterocycles. The Morgan fingerprint density at radius 2 is 1.89 bits per heavy atom. The normalized spacial score (nSPS) is 11.7. The Hall–Kier alpha value is -1.93. The Bertz CT molecular complexity index is 512. The number of aromatic amines is 1. The van der Waals surface area contributed by atoms with Crippen LogP contribution in [0.25, 0.3) is 11.3 Å². The number of aromatic nitrogens is 3. The monoisotopic (exact) mass is 272 g/mol. The number of hydroxylamine groups is 1. The first-order chi connectivity index (χ1) is 9.06. The summed E-state index contributed by atoms with van der Waals surface area (Å²) in [5.74, 6) is 0. The maximum Gasteiger partial charge on any atom is 0.413 e. The number of H-pyrrole nitrogens is 1. The molecular weight excluding hydrogens is 261 g/mol. The van der Waals surface area contributed by atoms with Gasteiger partial charge in [-0.05, 0) is 0 Å². The summed E-state index contributed by atoms with van der Waals surface area (Å²) in [6, 6.07) is 9.19. The van der Waals surface area contributed by atoms with Crippen molar-refractivity contribution >= 4 is 0 Å². The van der Waals surface area contributed by atoms with Gasteiger partial charge in [-0.1, -0.05) is 30.3 Å². The summed E-state index contributed by atoms with van der Waals surface area (Å²) in [6.45, 7) is -1.33. The Morgan fingerprint density at radius 3 is 2.58 bits per heavy atom. The lowest BCUT2D eigenvalue weighted by Crippen LogP contribution is -2.24. The third-order valence-corrected chi connectivity index (χ3v) is 2.24. The van der Waals surface area contributed by atoms with E-state index in [-0.39, 0.29) is 6.54 Å². The van der Waals surface area contributed by atoms with E-state index < -0.39 is 12.8 Å². The first-order valence-corrected chi connectivity index (χ1v) is 5.43. The second-order valence-electron chi connectivity index (χ2n) is 3.71. The molecule has 0 spiro atoms. The van der Waals surface area contributed by atoms with Gasteiger partial charge >= 0.3 is 6.18 Å². The summed E-state index contributed by atoms with van der Waals surface area (Å²) in [7, 11) is 0. The highest BCUT2D eigenvalue weighted by Gasteiger charge is 2.27. The molecule has 1 aromatic carbocycles. The van der Waals surface area contributed by atoms with Crippen molar-refractivity contribution in [1.29, 1.82) is 0 Å². The van der Waals surface area contributed by atoms with Gasteiger partial charge in [0.15, 0.2) is 6.61 Å². The van der Waals surface area contributed by atoms with Crippen LogP contribution in [0.4, 0.5) is 13.2 Å². The van der Waals surface area contributed by atoms with Gasteiger partial charge in [-0.3, -0.25) is 4.84 Å². The van der Waals surface area contributed by atoms with Crippen LogP contribution in [0.2, 0.25) is 0 Å². The first kappa shape index (κ1) is 13.5. The van der Waals surface area contributed by atoms with Gasteiger partial charge < -0.3 is 0 Å². The minimum Gasteiger partial charge on any atom is -0.292 e. The van der Waals surface area contributed by atoms with E-state index >= 15 is 0 Å². The van der Waals surface area contributed by atoms with Gasteiger partial charge in [-0.25, -0.2) is 0 Å². The van der Waals surface area contributed by atoms with Gasteiger partial charge in [-0.15, -0.1) is 0 Å². The molecule has 0 unspecified atom stereocenters. The van der Waals surface area contributed by atoms with Crippen molar-refractivity contribution in [2.75, 3.05) is 6.61 Å².